The first kappa shape index (κ1) is 23.4. The molecule has 0 atom stereocenters. The maximum Gasteiger partial charge on any atom is 0.359 e. The summed E-state index contributed by atoms with van der Waals surface area (Å²) in [5.74, 6) is 0. The molecule has 2 saturated heterocycles. The minimum Gasteiger partial charge on any atom is -0.348 e. The summed E-state index contributed by atoms with van der Waals surface area (Å²) in [4.78, 5) is 14.0. The third-order valence-corrected chi connectivity index (χ3v) is 6.84. The SMILES string of the molecule is C1=NC(=[N+]2CCCCC2)S/C1=C\C=C\c1cnc(N2CCCCC2)s1.[O-][Cl+3]([O-])([O-])[O-]. The summed E-state index contributed by atoms with van der Waals surface area (Å²) in [7, 11) is -4.94. The predicted octanol–water partition coefficient (Wildman–Crippen LogP) is -0.355. The van der Waals surface area contributed by atoms with Crippen molar-refractivity contribution in [2.24, 2.45) is 4.99 Å². The lowest BCUT2D eigenvalue weighted by molar-refractivity contribution is -2.00. The summed E-state index contributed by atoms with van der Waals surface area (Å²) in [5.41, 5.74) is 0. The van der Waals surface area contributed by atoms with E-state index in [1.54, 1.807) is 23.1 Å². The van der Waals surface area contributed by atoms with Crippen LogP contribution in [-0.2, 0) is 0 Å². The van der Waals surface area contributed by atoms with Crippen molar-refractivity contribution in [3.63, 3.8) is 0 Å². The van der Waals surface area contributed by atoms with Crippen molar-refractivity contribution in [3.8, 4) is 0 Å². The van der Waals surface area contributed by atoms with Gasteiger partial charge in [0.05, 0.1) is 18.0 Å². The Balaban J connectivity index is 0.000000461. The van der Waals surface area contributed by atoms with Gasteiger partial charge in [-0.3, -0.25) is 4.58 Å². The van der Waals surface area contributed by atoms with Gasteiger partial charge >= 0.3 is 5.17 Å². The Morgan fingerprint density at radius 1 is 1.00 bits per heavy atom. The number of rotatable bonds is 3. The maximum atomic E-state index is 8.49. The summed E-state index contributed by atoms with van der Waals surface area (Å²) in [6, 6.07) is 0. The molecule has 0 N–H and O–H groups in total. The molecule has 11 heteroatoms. The van der Waals surface area contributed by atoms with Crippen molar-refractivity contribution >= 4 is 45.7 Å². The number of thioether (sulfide) groups is 1. The van der Waals surface area contributed by atoms with Crippen molar-refractivity contribution in [2.45, 2.75) is 38.5 Å². The highest BCUT2D eigenvalue weighted by atomic mass is 35.7. The fourth-order valence-electron chi connectivity index (χ4n) is 3.41. The fourth-order valence-corrected chi connectivity index (χ4v) is 5.17. The molecule has 3 aliphatic rings. The first-order chi connectivity index (χ1) is 14.4. The number of allylic oxidation sites excluding steroid dienone is 3. The molecule has 0 unspecified atom stereocenters. The van der Waals surface area contributed by atoms with Gasteiger partial charge in [0, 0.05) is 35.9 Å². The smallest absolute Gasteiger partial charge is 0.348 e. The Morgan fingerprint density at radius 2 is 1.67 bits per heavy atom. The molecule has 8 nitrogen and oxygen atoms in total. The third kappa shape index (κ3) is 8.10. The first-order valence-electron chi connectivity index (χ1n) is 9.93. The summed E-state index contributed by atoms with van der Waals surface area (Å²) in [6.07, 6.45) is 18.3. The maximum absolute atomic E-state index is 8.49. The molecule has 4 heterocycles. The molecular weight excluding hydrogens is 448 g/mol. The second-order valence-corrected chi connectivity index (χ2v) is 9.93. The van der Waals surface area contributed by atoms with Crippen molar-refractivity contribution < 1.29 is 33.5 Å². The molecule has 30 heavy (non-hydrogen) atoms. The van der Waals surface area contributed by atoms with Crippen LogP contribution in [0.15, 0.2) is 28.2 Å². The summed E-state index contributed by atoms with van der Waals surface area (Å²) >= 11 is 3.58. The summed E-state index contributed by atoms with van der Waals surface area (Å²) < 4.78 is 36.4. The van der Waals surface area contributed by atoms with Gasteiger partial charge in [-0.25, -0.2) is 23.6 Å². The van der Waals surface area contributed by atoms with E-state index in [0.717, 1.165) is 26.2 Å². The average molecular weight is 473 g/mol. The minimum atomic E-state index is -4.94. The normalized spacial score (nSPS) is 21.5. The minimum absolute atomic E-state index is 1.16. The zero-order valence-corrected chi connectivity index (χ0v) is 19.0. The van der Waals surface area contributed by atoms with Crippen LogP contribution in [0.3, 0.4) is 0 Å². The molecule has 1 aromatic rings. The molecule has 0 spiro atoms. The molecule has 4 rings (SSSR count). The largest absolute Gasteiger partial charge is 0.359 e. The fraction of sp³-hybridized carbons (Fsp3) is 0.526. The van der Waals surface area contributed by atoms with E-state index in [2.05, 4.69) is 37.7 Å². The van der Waals surface area contributed by atoms with Crippen LogP contribution in [0.1, 0.15) is 43.4 Å². The van der Waals surface area contributed by atoms with Gasteiger partial charge in [-0.1, -0.05) is 17.4 Å². The Hall–Kier alpha value is -1.27. The molecule has 164 valence electrons. The third-order valence-electron chi connectivity index (χ3n) is 4.80. The summed E-state index contributed by atoms with van der Waals surface area (Å²) in [6.45, 7) is 4.62. The zero-order valence-electron chi connectivity index (χ0n) is 16.6. The number of halogens is 1. The Morgan fingerprint density at radius 3 is 2.37 bits per heavy atom. The number of aliphatic imine (C=N–C) groups is 1. The van der Waals surface area contributed by atoms with E-state index in [9.17, 15) is 0 Å². The van der Waals surface area contributed by atoms with Gasteiger partial charge in [-0.05, 0) is 55.7 Å². The van der Waals surface area contributed by atoms with E-state index in [4.69, 9.17) is 18.6 Å². The highest BCUT2D eigenvalue weighted by molar-refractivity contribution is 8.18. The van der Waals surface area contributed by atoms with Gasteiger partial charge in [0.1, 0.15) is 0 Å². The van der Waals surface area contributed by atoms with E-state index in [0.29, 0.717) is 0 Å². The highest BCUT2D eigenvalue weighted by Crippen LogP contribution is 2.27. The van der Waals surface area contributed by atoms with Gasteiger partial charge in [0.2, 0.25) is 0 Å². The number of hydrogen-bond donors (Lipinski definition) is 0. The number of hydrogen-bond acceptors (Lipinski definition) is 8. The molecule has 0 saturated carbocycles. The zero-order chi connectivity index (χ0) is 21.4. The van der Waals surface area contributed by atoms with Crippen molar-refractivity contribution in [1.82, 2.24) is 4.98 Å². The Bertz CT molecular complexity index is 813. The van der Waals surface area contributed by atoms with Crippen LogP contribution in [0.25, 0.3) is 6.08 Å². The molecule has 0 aliphatic carbocycles. The number of nitrogens with zero attached hydrogens (tertiary/aromatic N) is 4. The number of amidine groups is 1. The Labute approximate surface area is 186 Å². The molecule has 0 amide bonds. The topological polar surface area (TPSA) is 124 Å². The Kier molecular flexibility index (Phi) is 8.87. The van der Waals surface area contributed by atoms with Crippen LogP contribution in [0.2, 0.25) is 0 Å². The summed E-state index contributed by atoms with van der Waals surface area (Å²) in [5, 5.41) is 2.34. The average Bonchev–Trinajstić information content (AvgIpc) is 3.38. The van der Waals surface area contributed by atoms with E-state index in [1.165, 1.54) is 58.6 Å². The molecule has 2 fully saturated rings. The molecule has 0 aromatic carbocycles. The second-order valence-electron chi connectivity index (χ2n) is 7.09. The molecule has 3 aliphatic heterocycles. The number of aromatic nitrogens is 1. The number of piperidine rings is 2. The molecule has 0 radical (unpaired) electrons. The molecule has 1 aromatic heterocycles. The first-order valence-corrected chi connectivity index (χ1v) is 12.8. The second kappa shape index (κ2) is 11.4. The van der Waals surface area contributed by atoms with Crippen molar-refractivity contribution in [3.05, 3.63) is 28.1 Å². The van der Waals surface area contributed by atoms with Crippen LogP contribution in [-0.4, -0.2) is 47.1 Å². The number of anilines is 1. The van der Waals surface area contributed by atoms with Crippen LogP contribution in [0.5, 0.6) is 0 Å². The van der Waals surface area contributed by atoms with Crippen LogP contribution < -0.4 is 23.5 Å². The molecule has 0 bridgehead atoms. The highest BCUT2D eigenvalue weighted by Gasteiger charge is 2.23. The lowest BCUT2D eigenvalue weighted by Crippen LogP contribution is -2.68. The van der Waals surface area contributed by atoms with Gasteiger partial charge in [0.15, 0.2) is 11.3 Å². The van der Waals surface area contributed by atoms with E-state index < -0.39 is 10.2 Å². The van der Waals surface area contributed by atoms with Gasteiger partial charge in [-0.15, -0.1) is 10.2 Å². The van der Waals surface area contributed by atoms with Crippen LogP contribution in [0.4, 0.5) is 5.13 Å². The van der Waals surface area contributed by atoms with E-state index in [-0.39, 0.29) is 0 Å². The van der Waals surface area contributed by atoms with Crippen molar-refractivity contribution in [2.75, 3.05) is 31.1 Å². The quantitative estimate of drug-likeness (QED) is 0.550. The van der Waals surface area contributed by atoms with Gasteiger partial charge in [-0.2, -0.15) is 0 Å². The van der Waals surface area contributed by atoms with Gasteiger partial charge < -0.3 is 4.90 Å². The molecular formula is C19H25ClN4O4S2. The van der Waals surface area contributed by atoms with E-state index in [1.807, 2.05) is 12.4 Å². The standard InChI is InChI=1S/C19H25N4S2.ClHO4/c1-3-10-22(11-4-1)18-20-14-16(24-18)8-7-9-17-15-21-19(25-17)23-12-5-2-6-13-23;2-1(3,4)5/h7-9,14-15H,1-6,10-13H2;(H,2,3,4,5)/q+1;/p-1. The van der Waals surface area contributed by atoms with Crippen molar-refractivity contribution in [1.29, 1.82) is 0 Å². The lowest BCUT2D eigenvalue weighted by Gasteiger charge is -2.25. The number of thiazole rings is 1. The van der Waals surface area contributed by atoms with Crippen LogP contribution >= 0.6 is 23.1 Å². The van der Waals surface area contributed by atoms with Crippen LogP contribution in [0, 0.1) is 10.2 Å². The monoisotopic (exact) mass is 472 g/mol. The van der Waals surface area contributed by atoms with E-state index >= 15 is 0 Å². The predicted molar refractivity (Wildman–Crippen MR) is 110 cm³/mol. The lowest BCUT2D eigenvalue weighted by atomic mass is 10.1. The van der Waals surface area contributed by atoms with Gasteiger partial charge in [0.25, 0.3) is 0 Å².